The largest absolute Gasteiger partial charge is 0.257 e. The third kappa shape index (κ3) is 4.81. The second-order valence-electron chi connectivity index (χ2n) is 3.77. The molecule has 0 atom stereocenters. The molecule has 0 fully saturated rings. The van der Waals surface area contributed by atoms with Crippen LogP contribution in [0.1, 0.15) is 18.9 Å². The van der Waals surface area contributed by atoms with Crippen molar-refractivity contribution in [2.24, 2.45) is 0 Å². The molecule has 1 aromatic carbocycles. The Balaban J connectivity index is 2.65. The standard InChI is InChI=1S/C11H12F4/c1-10(12,13)8-11(14,15)7-9-5-3-2-4-6-9/h2-6H,7-8H2,1H3. The molecule has 4 heteroatoms. The lowest BCUT2D eigenvalue weighted by Gasteiger charge is -2.20. The fourth-order valence-corrected chi connectivity index (χ4v) is 1.41. The Morgan fingerprint density at radius 2 is 1.53 bits per heavy atom. The first-order chi connectivity index (χ1) is 6.79. The molecule has 15 heavy (non-hydrogen) atoms. The summed E-state index contributed by atoms with van der Waals surface area (Å²) in [5.74, 6) is -6.70. The molecule has 0 aliphatic rings. The highest BCUT2D eigenvalue weighted by Gasteiger charge is 2.39. The van der Waals surface area contributed by atoms with Gasteiger partial charge in [-0.3, -0.25) is 0 Å². The summed E-state index contributed by atoms with van der Waals surface area (Å²) in [4.78, 5) is 0. The summed E-state index contributed by atoms with van der Waals surface area (Å²) in [6.45, 7) is 0.506. The van der Waals surface area contributed by atoms with Gasteiger partial charge in [0.15, 0.2) is 0 Å². The lowest BCUT2D eigenvalue weighted by atomic mass is 10.0. The number of alkyl halides is 4. The van der Waals surface area contributed by atoms with Gasteiger partial charge >= 0.3 is 0 Å². The van der Waals surface area contributed by atoms with Gasteiger partial charge in [-0.15, -0.1) is 0 Å². The van der Waals surface area contributed by atoms with Crippen LogP contribution < -0.4 is 0 Å². The van der Waals surface area contributed by atoms with Crippen LogP contribution in [0.5, 0.6) is 0 Å². The molecule has 0 aromatic heterocycles. The minimum absolute atomic E-state index is 0.367. The molecule has 0 radical (unpaired) electrons. The van der Waals surface area contributed by atoms with E-state index < -0.39 is 24.7 Å². The van der Waals surface area contributed by atoms with E-state index in [1.807, 2.05) is 0 Å². The first-order valence-corrected chi connectivity index (χ1v) is 4.58. The van der Waals surface area contributed by atoms with E-state index in [4.69, 9.17) is 0 Å². The molecule has 84 valence electrons. The average molecular weight is 220 g/mol. The van der Waals surface area contributed by atoms with Gasteiger partial charge in [-0.25, -0.2) is 17.6 Å². The monoisotopic (exact) mass is 220 g/mol. The quantitative estimate of drug-likeness (QED) is 0.675. The third-order valence-electron chi connectivity index (χ3n) is 1.87. The smallest absolute Gasteiger partial charge is 0.207 e. The predicted octanol–water partition coefficient (Wildman–Crippen LogP) is 3.91. The molecule has 0 saturated heterocycles. The Hall–Kier alpha value is -1.06. The SMILES string of the molecule is CC(F)(F)CC(F)(F)Cc1ccccc1. The molecule has 0 aliphatic carbocycles. The van der Waals surface area contributed by atoms with Crippen molar-refractivity contribution in [2.45, 2.75) is 31.6 Å². The molecule has 0 unspecified atom stereocenters. The molecular formula is C11H12F4. The number of halogens is 4. The van der Waals surface area contributed by atoms with Gasteiger partial charge in [0.1, 0.15) is 0 Å². The van der Waals surface area contributed by atoms with Gasteiger partial charge in [0, 0.05) is 6.42 Å². The van der Waals surface area contributed by atoms with Crippen LogP contribution in [0.4, 0.5) is 17.6 Å². The van der Waals surface area contributed by atoms with Crippen LogP contribution in [0.25, 0.3) is 0 Å². The van der Waals surface area contributed by atoms with E-state index in [1.165, 1.54) is 12.1 Å². The molecule has 0 saturated carbocycles. The first kappa shape index (κ1) is 12.0. The first-order valence-electron chi connectivity index (χ1n) is 4.58. The number of hydrogen-bond donors (Lipinski definition) is 0. The van der Waals surface area contributed by atoms with Crippen molar-refractivity contribution in [3.8, 4) is 0 Å². The number of hydrogen-bond acceptors (Lipinski definition) is 0. The van der Waals surface area contributed by atoms with E-state index >= 15 is 0 Å². The van der Waals surface area contributed by atoms with E-state index in [2.05, 4.69) is 0 Å². The van der Waals surface area contributed by atoms with Crippen LogP contribution in [-0.4, -0.2) is 11.8 Å². The second kappa shape index (κ2) is 4.21. The molecule has 0 N–H and O–H groups in total. The van der Waals surface area contributed by atoms with Crippen LogP contribution in [-0.2, 0) is 6.42 Å². The Morgan fingerprint density at radius 1 is 1.00 bits per heavy atom. The summed E-state index contributed by atoms with van der Waals surface area (Å²) in [6, 6.07) is 7.91. The maximum absolute atomic E-state index is 13.1. The van der Waals surface area contributed by atoms with Crippen molar-refractivity contribution in [1.29, 1.82) is 0 Å². The highest BCUT2D eigenvalue weighted by molar-refractivity contribution is 5.16. The van der Waals surface area contributed by atoms with Crippen molar-refractivity contribution < 1.29 is 17.6 Å². The summed E-state index contributed by atoms with van der Waals surface area (Å²) in [6.07, 6.45) is -2.05. The normalized spacial score (nSPS) is 12.9. The molecule has 1 rings (SSSR count). The lowest BCUT2D eigenvalue weighted by Crippen LogP contribution is -2.28. The molecule has 1 aromatic rings. The molecule has 0 nitrogen and oxygen atoms in total. The van der Waals surface area contributed by atoms with Crippen LogP contribution in [0, 0.1) is 0 Å². The zero-order valence-electron chi connectivity index (χ0n) is 8.31. The summed E-state index contributed by atoms with van der Waals surface area (Å²) in [5.41, 5.74) is 0.367. The van der Waals surface area contributed by atoms with E-state index in [0.29, 0.717) is 12.5 Å². The highest BCUT2D eigenvalue weighted by atomic mass is 19.3. The molecule has 0 spiro atoms. The fraction of sp³-hybridized carbons (Fsp3) is 0.455. The summed E-state index contributed by atoms with van der Waals surface area (Å²) >= 11 is 0. The Kier molecular flexibility index (Phi) is 3.37. The number of benzene rings is 1. The molecule has 0 heterocycles. The third-order valence-corrected chi connectivity index (χ3v) is 1.87. The van der Waals surface area contributed by atoms with Crippen LogP contribution in [0.15, 0.2) is 30.3 Å². The summed E-state index contributed by atoms with van der Waals surface area (Å²) in [7, 11) is 0. The van der Waals surface area contributed by atoms with Gasteiger partial charge in [-0.1, -0.05) is 30.3 Å². The van der Waals surface area contributed by atoms with Crippen LogP contribution in [0.3, 0.4) is 0 Å². The minimum atomic E-state index is -3.36. The van der Waals surface area contributed by atoms with Gasteiger partial charge in [0.05, 0.1) is 6.42 Å². The van der Waals surface area contributed by atoms with Crippen LogP contribution >= 0.6 is 0 Å². The molecule has 0 bridgehead atoms. The zero-order chi connectivity index (χ0) is 11.5. The second-order valence-corrected chi connectivity index (χ2v) is 3.77. The molecular weight excluding hydrogens is 208 g/mol. The number of rotatable bonds is 4. The fourth-order valence-electron chi connectivity index (χ4n) is 1.41. The van der Waals surface area contributed by atoms with Gasteiger partial charge < -0.3 is 0 Å². The average Bonchev–Trinajstić information content (AvgIpc) is 1.99. The molecule has 0 amide bonds. The van der Waals surface area contributed by atoms with Crippen molar-refractivity contribution in [3.63, 3.8) is 0 Å². The van der Waals surface area contributed by atoms with E-state index in [0.717, 1.165) is 0 Å². The van der Waals surface area contributed by atoms with E-state index in [9.17, 15) is 17.6 Å². The van der Waals surface area contributed by atoms with Gasteiger partial charge in [0.2, 0.25) is 0 Å². The lowest BCUT2D eigenvalue weighted by molar-refractivity contribution is -0.0996. The summed E-state index contributed by atoms with van der Waals surface area (Å²) in [5, 5.41) is 0. The maximum atomic E-state index is 13.1. The Labute approximate surface area is 85.9 Å². The van der Waals surface area contributed by atoms with Gasteiger partial charge in [0.25, 0.3) is 11.8 Å². The van der Waals surface area contributed by atoms with Gasteiger partial charge in [-0.05, 0) is 12.5 Å². The Morgan fingerprint density at radius 3 is 2.00 bits per heavy atom. The topological polar surface area (TPSA) is 0 Å². The van der Waals surface area contributed by atoms with Crippen molar-refractivity contribution in [3.05, 3.63) is 35.9 Å². The minimum Gasteiger partial charge on any atom is -0.207 e. The molecule has 0 aliphatic heterocycles. The highest BCUT2D eigenvalue weighted by Crippen LogP contribution is 2.32. The van der Waals surface area contributed by atoms with Crippen molar-refractivity contribution >= 4 is 0 Å². The predicted molar refractivity (Wildman–Crippen MR) is 50.3 cm³/mol. The Bertz CT molecular complexity index is 300. The van der Waals surface area contributed by atoms with E-state index in [1.54, 1.807) is 18.2 Å². The summed E-state index contributed by atoms with van der Waals surface area (Å²) < 4.78 is 51.1. The van der Waals surface area contributed by atoms with Crippen molar-refractivity contribution in [1.82, 2.24) is 0 Å². The van der Waals surface area contributed by atoms with Gasteiger partial charge in [-0.2, -0.15) is 0 Å². The maximum Gasteiger partial charge on any atom is 0.257 e. The van der Waals surface area contributed by atoms with E-state index in [-0.39, 0.29) is 0 Å². The van der Waals surface area contributed by atoms with Crippen molar-refractivity contribution in [2.75, 3.05) is 0 Å². The van der Waals surface area contributed by atoms with Crippen LogP contribution in [0.2, 0.25) is 0 Å². The zero-order valence-corrected chi connectivity index (χ0v) is 8.31.